The molecule has 0 aromatic heterocycles. The van der Waals surface area contributed by atoms with Gasteiger partial charge in [-0.15, -0.1) is 0 Å². The summed E-state index contributed by atoms with van der Waals surface area (Å²) in [7, 11) is 3.88. The summed E-state index contributed by atoms with van der Waals surface area (Å²) in [6.45, 7) is 5.08. The van der Waals surface area contributed by atoms with Crippen molar-refractivity contribution in [3.63, 3.8) is 0 Å². The molecule has 2 aliphatic carbocycles. The predicted octanol–water partition coefficient (Wildman–Crippen LogP) is 3.13. The molecule has 112 valence electrons. The summed E-state index contributed by atoms with van der Waals surface area (Å²) < 4.78 is 11.7. The van der Waals surface area contributed by atoms with Crippen LogP contribution in [0.15, 0.2) is 0 Å². The van der Waals surface area contributed by atoms with Gasteiger partial charge in [0.05, 0.1) is 11.7 Å². The van der Waals surface area contributed by atoms with Gasteiger partial charge in [0.15, 0.2) is 0 Å². The highest BCUT2D eigenvalue weighted by molar-refractivity contribution is 5.08. The molecule has 2 saturated carbocycles. The van der Waals surface area contributed by atoms with E-state index >= 15 is 0 Å². The summed E-state index contributed by atoms with van der Waals surface area (Å²) in [6.07, 6.45) is 9.47. The van der Waals surface area contributed by atoms with Crippen molar-refractivity contribution in [1.29, 1.82) is 0 Å². The van der Waals surface area contributed by atoms with Crippen LogP contribution in [0.4, 0.5) is 0 Å². The molecular weight excluding hydrogens is 238 g/mol. The van der Waals surface area contributed by atoms with Gasteiger partial charge < -0.3 is 14.8 Å². The van der Waals surface area contributed by atoms with Crippen molar-refractivity contribution < 1.29 is 9.47 Å². The van der Waals surface area contributed by atoms with E-state index < -0.39 is 0 Å². The third-order valence-corrected chi connectivity index (χ3v) is 5.49. The lowest BCUT2D eigenvalue weighted by Gasteiger charge is -2.57. The average molecular weight is 269 g/mol. The maximum atomic E-state index is 6.22. The van der Waals surface area contributed by atoms with Crippen LogP contribution in [0.25, 0.3) is 0 Å². The predicted molar refractivity (Wildman–Crippen MR) is 78.4 cm³/mol. The van der Waals surface area contributed by atoms with Gasteiger partial charge in [-0.1, -0.05) is 19.3 Å². The number of methoxy groups -OCH3 is 1. The summed E-state index contributed by atoms with van der Waals surface area (Å²) in [5.74, 6) is 0. The van der Waals surface area contributed by atoms with E-state index in [1.54, 1.807) is 7.11 Å². The van der Waals surface area contributed by atoms with Gasteiger partial charge in [-0.05, 0) is 46.6 Å². The zero-order chi connectivity index (χ0) is 13.9. The van der Waals surface area contributed by atoms with Crippen LogP contribution in [-0.4, -0.2) is 38.5 Å². The number of hydrogen-bond acceptors (Lipinski definition) is 3. The summed E-state index contributed by atoms with van der Waals surface area (Å²) >= 11 is 0. The largest absolute Gasteiger partial charge is 0.379 e. The lowest BCUT2D eigenvalue weighted by molar-refractivity contribution is -0.158. The van der Waals surface area contributed by atoms with E-state index in [2.05, 4.69) is 26.2 Å². The molecule has 3 nitrogen and oxygen atoms in total. The standard InChI is InChI=1S/C16H31NO2/c1-15(2,18-4)10-11-19-14-12-13(17-3)16(14)8-6-5-7-9-16/h13-14,17H,5-12H2,1-4H3. The van der Waals surface area contributed by atoms with E-state index in [-0.39, 0.29) is 5.60 Å². The van der Waals surface area contributed by atoms with Crippen LogP contribution >= 0.6 is 0 Å². The van der Waals surface area contributed by atoms with Gasteiger partial charge in [0.1, 0.15) is 0 Å². The zero-order valence-corrected chi connectivity index (χ0v) is 13.1. The molecule has 0 amide bonds. The quantitative estimate of drug-likeness (QED) is 0.803. The fourth-order valence-corrected chi connectivity index (χ4v) is 3.82. The Morgan fingerprint density at radius 2 is 1.89 bits per heavy atom. The van der Waals surface area contributed by atoms with Gasteiger partial charge in [0, 0.05) is 25.2 Å². The average Bonchev–Trinajstić information content (AvgIpc) is 2.43. The molecule has 2 aliphatic rings. The van der Waals surface area contributed by atoms with Gasteiger partial charge in [-0.3, -0.25) is 0 Å². The van der Waals surface area contributed by atoms with Crippen molar-refractivity contribution in [3.05, 3.63) is 0 Å². The Kier molecular flexibility index (Phi) is 4.91. The molecule has 1 N–H and O–H groups in total. The molecule has 0 heterocycles. The summed E-state index contributed by atoms with van der Waals surface area (Å²) in [5, 5.41) is 3.51. The monoisotopic (exact) mass is 269 g/mol. The molecule has 2 rings (SSSR count). The van der Waals surface area contributed by atoms with Crippen LogP contribution in [-0.2, 0) is 9.47 Å². The van der Waals surface area contributed by atoms with Crippen molar-refractivity contribution in [2.24, 2.45) is 5.41 Å². The third kappa shape index (κ3) is 3.14. The highest BCUT2D eigenvalue weighted by atomic mass is 16.5. The minimum atomic E-state index is -0.0636. The molecule has 0 bridgehead atoms. The minimum absolute atomic E-state index is 0.0636. The SMILES string of the molecule is CNC1CC(OCCC(C)(C)OC)C12CCCCC2. The van der Waals surface area contributed by atoms with Crippen molar-refractivity contribution in [2.75, 3.05) is 20.8 Å². The van der Waals surface area contributed by atoms with Gasteiger partial charge >= 0.3 is 0 Å². The van der Waals surface area contributed by atoms with Gasteiger partial charge in [0.2, 0.25) is 0 Å². The molecule has 2 fully saturated rings. The smallest absolute Gasteiger partial charge is 0.0661 e. The maximum absolute atomic E-state index is 6.22. The lowest BCUT2D eigenvalue weighted by atomic mass is 9.55. The molecule has 0 aromatic carbocycles. The number of hydrogen-bond donors (Lipinski definition) is 1. The van der Waals surface area contributed by atoms with Gasteiger partial charge in [-0.25, -0.2) is 0 Å². The molecule has 0 aromatic rings. The van der Waals surface area contributed by atoms with E-state index in [0.29, 0.717) is 17.6 Å². The third-order valence-electron chi connectivity index (χ3n) is 5.49. The minimum Gasteiger partial charge on any atom is -0.379 e. The molecular formula is C16H31NO2. The summed E-state index contributed by atoms with van der Waals surface area (Å²) in [6, 6.07) is 0.674. The molecule has 3 heteroatoms. The lowest BCUT2D eigenvalue weighted by Crippen LogP contribution is -2.63. The van der Waals surface area contributed by atoms with Gasteiger partial charge in [0.25, 0.3) is 0 Å². The first-order chi connectivity index (χ1) is 9.04. The van der Waals surface area contributed by atoms with E-state index in [1.165, 1.54) is 38.5 Å². The second kappa shape index (κ2) is 6.11. The molecule has 0 radical (unpaired) electrons. The van der Waals surface area contributed by atoms with E-state index in [1.807, 2.05) is 0 Å². The molecule has 1 spiro atoms. The fraction of sp³-hybridized carbons (Fsp3) is 1.00. The van der Waals surface area contributed by atoms with Crippen LogP contribution in [0.2, 0.25) is 0 Å². The van der Waals surface area contributed by atoms with E-state index in [0.717, 1.165) is 13.0 Å². The second-order valence-corrected chi connectivity index (χ2v) is 6.94. The van der Waals surface area contributed by atoms with Crippen LogP contribution in [0, 0.1) is 5.41 Å². The van der Waals surface area contributed by atoms with Crippen molar-refractivity contribution >= 4 is 0 Å². The highest BCUT2D eigenvalue weighted by Gasteiger charge is 2.54. The highest BCUT2D eigenvalue weighted by Crippen LogP contribution is 2.53. The molecule has 19 heavy (non-hydrogen) atoms. The van der Waals surface area contributed by atoms with Crippen LogP contribution in [0.1, 0.15) is 58.8 Å². The number of rotatable bonds is 6. The molecule has 0 saturated heterocycles. The molecule has 0 aliphatic heterocycles. The first-order valence-electron chi connectivity index (χ1n) is 7.88. The molecule has 2 atom stereocenters. The maximum Gasteiger partial charge on any atom is 0.0661 e. The molecule has 2 unspecified atom stereocenters. The van der Waals surface area contributed by atoms with E-state index in [9.17, 15) is 0 Å². The Hall–Kier alpha value is -0.120. The fourth-order valence-electron chi connectivity index (χ4n) is 3.82. The Morgan fingerprint density at radius 3 is 2.47 bits per heavy atom. The van der Waals surface area contributed by atoms with Crippen molar-refractivity contribution in [1.82, 2.24) is 5.32 Å². The summed E-state index contributed by atoms with van der Waals surface area (Å²) in [5.41, 5.74) is 0.371. The normalized spacial score (nSPS) is 30.3. The van der Waals surface area contributed by atoms with Crippen molar-refractivity contribution in [3.8, 4) is 0 Å². The van der Waals surface area contributed by atoms with E-state index in [4.69, 9.17) is 9.47 Å². The zero-order valence-electron chi connectivity index (χ0n) is 13.1. The Balaban J connectivity index is 1.83. The Labute approximate surface area is 118 Å². The first kappa shape index (κ1) is 15.3. The van der Waals surface area contributed by atoms with Gasteiger partial charge in [-0.2, -0.15) is 0 Å². The number of ether oxygens (including phenoxy) is 2. The van der Waals surface area contributed by atoms with Crippen LogP contribution in [0.3, 0.4) is 0 Å². The topological polar surface area (TPSA) is 30.5 Å². The second-order valence-electron chi connectivity index (χ2n) is 6.94. The van der Waals surface area contributed by atoms with Crippen LogP contribution in [0.5, 0.6) is 0 Å². The van der Waals surface area contributed by atoms with Crippen LogP contribution < -0.4 is 5.32 Å². The first-order valence-corrected chi connectivity index (χ1v) is 7.88. The summed E-state index contributed by atoms with van der Waals surface area (Å²) in [4.78, 5) is 0. The van der Waals surface area contributed by atoms with Crippen molar-refractivity contribution in [2.45, 2.75) is 76.5 Å². The Bertz CT molecular complexity index is 284. The number of nitrogens with one attached hydrogen (secondary N) is 1. The Morgan fingerprint density at radius 1 is 1.21 bits per heavy atom.